The number of thiophene rings is 1. The predicted molar refractivity (Wildman–Crippen MR) is 111 cm³/mol. The fraction of sp³-hybridized carbons (Fsp3) is 0.381. The summed E-state index contributed by atoms with van der Waals surface area (Å²) in [5, 5.41) is 5.56. The van der Waals surface area contributed by atoms with Gasteiger partial charge in [-0.05, 0) is 37.5 Å². The fourth-order valence-electron chi connectivity index (χ4n) is 3.78. The lowest BCUT2D eigenvalue weighted by molar-refractivity contribution is -0.122. The van der Waals surface area contributed by atoms with E-state index in [2.05, 4.69) is 10.3 Å². The molecule has 0 radical (unpaired) electrons. The summed E-state index contributed by atoms with van der Waals surface area (Å²) in [6, 6.07) is 7.83. The summed E-state index contributed by atoms with van der Waals surface area (Å²) < 4.78 is 6.69. The highest BCUT2D eigenvalue weighted by molar-refractivity contribution is 7.17. The molecule has 1 fully saturated rings. The van der Waals surface area contributed by atoms with E-state index in [-0.39, 0.29) is 24.1 Å². The van der Waals surface area contributed by atoms with Gasteiger partial charge in [0.1, 0.15) is 22.9 Å². The third-order valence-corrected chi connectivity index (χ3v) is 6.18. The van der Waals surface area contributed by atoms with E-state index < -0.39 is 0 Å². The van der Waals surface area contributed by atoms with E-state index in [0.29, 0.717) is 16.0 Å². The van der Waals surface area contributed by atoms with Gasteiger partial charge in [0.2, 0.25) is 5.91 Å². The van der Waals surface area contributed by atoms with Crippen molar-refractivity contribution >= 4 is 27.5 Å². The van der Waals surface area contributed by atoms with E-state index in [1.807, 2.05) is 29.6 Å². The molecule has 0 atom stereocenters. The van der Waals surface area contributed by atoms with Gasteiger partial charge in [0.15, 0.2) is 0 Å². The number of amides is 1. The molecule has 4 rings (SSSR count). The largest absolute Gasteiger partial charge is 0.497 e. The molecule has 1 amide bonds. The van der Waals surface area contributed by atoms with Crippen molar-refractivity contribution in [1.29, 1.82) is 0 Å². The van der Waals surface area contributed by atoms with Crippen molar-refractivity contribution in [1.82, 2.24) is 14.9 Å². The van der Waals surface area contributed by atoms with Gasteiger partial charge in [-0.15, -0.1) is 11.3 Å². The van der Waals surface area contributed by atoms with Gasteiger partial charge in [0.05, 0.1) is 12.5 Å². The molecular weight excluding hydrogens is 374 g/mol. The van der Waals surface area contributed by atoms with E-state index in [9.17, 15) is 9.59 Å². The lowest BCUT2D eigenvalue weighted by Crippen LogP contribution is -2.38. The molecule has 7 heteroatoms. The summed E-state index contributed by atoms with van der Waals surface area (Å²) in [5.41, 5.74) is 1.60. The van der Waals surface area contributed by atoms with Crippen LogP contribution in [0.4, 0.5) is 0 Å². The van der Waals surface area contributed by atoms with Gasteiger partial charge < -0.3 is 10.1 Å². The van der Waals surface area contributed by atoms with E-state index in [0.717, 1.165) is 42.6 Å². The monoisotopic (exact) mass is 397 g/mol. The lowest BCUT2D eigenvalue weighted by atomic mass is 10.1. The molecule has 1 N–H and O–H groups in total. The number of nitrogens with zero attached hydrogens (tertiary/aromatic N) is 2. The second-order valence-electron chi connectivity index (χ2n) is 7.16. The number of fused-ring (bicyclic) bond motifs is 1. The molecule has 0 aliphatic heterocycles. The number of nitrogens with one attached hydrogen (secondary N) is 1. The Morgan fingerprint density at radius 3 is 2.68 bits per heavy atom. The van der Waals surface area contributed by atoms with E-state index in [4.69, 9.17) is 4.74 Å². The van der Waals surface area contributed by atoms with Crippen LogP contribution >= 0.6 is 11.3 Å². The molecule has 0 bridgehead atoms. The Kier molecular flexibility index (Phi) is 5.17. The van der Waals surface area contributed by atoms with Crippen molar-refractivity contribution < 1.29 is 9.53 Å². The first-order chi connectivity index (χ1) is 13.6. The minimum Gasteiger partial charge on any atom is -0.497 e. The van der Waals surface area contributed by atoms with Crippen molar-refractivity contribution in [3.8, 4) is 16.9 Å². The molecule has 3 aromatic rings. The number of ether oxygens (including phenoxy) is 1. The van der Waals surface area contributed by atoms with Gasteiger partial charge in [0.25, 0.3) is 5.56 Å². The molecule has 2 heterocycles. The highest BCUT2D eigenvalue weighted by Crippen LogP contribution is 2.32. The Balaban J connectivity index is 1.69. The Labute approximate surface area is 167 Å². The Morgan fingerprint density at radius 2 is 2.00 bits per heavy atom. The van der Waals surface area contributed by atoms with Gasteiger partial charge in [-0.3, -0.25) is 14.2 Å². The third kappa shape index (κ3) is 3.54. The quantitative estimate of drug-likeness (QED) is 0.715. The number of aromatic nitrogens is 2. The summed E-state index contributed by atoms with van der Waals surface area (Å²) in [6.45, 7) is 1.78. The lowest BCUT2D eigenvalue weighted by Gasteiger charge is -2.14. The number of hydrogen-bond donors (Lipinski definition) is 1. The summed E-state index contributed by atoms with van der Waals surface area (Å²) >= 11 is 1.44. The topological polar surface area (TPSA) is 73.2 Å². The second kappa shape index (κ2) is 7.75. The van der Waals surface area contributed by atoms with Crippen LogP contribution in [0.15, 0.2) is 34.4 Å². The average molecular weight is 398 g/mol. The van der Waals surface area contributed by atoms with Crippen LogP contribution in [0.5, 0.6) is 5.75 Å². The number of hydrogen-bond acceptors (Lipinski definition) is 5. The number of carbonyl (C=O) groups excluding carboxylic acids is 1. The van der Waals surface area contributed by atoms with Gasteiger partial charge in [-0.25, -0.2) is 4.98 Å². The Hall–Kier alpha value is -2.67. The number of aryl methyl sites for hydroxylation is 1. The highest BCUT2D eigenvalue weighted by atomic mass is 32.1. The van der Waals surface area contributed by atoms with Crippen LogP contribution in [0.1, 0.15) is 31.5 Å². The van der Waals surface area contributed by atoms with Gasteiger partial charge in [0, 0.05) is 17.0 Å². The van der Waals surface area contributed by atoms with Crippen LogP contribution in [-0.2, 0) is 11.3 Å². The maximum absolute atomic E-state index is 13.2. The van der Waals surface area contributed by atoms with Crippen LogP contribution in [0.2, 0.25) is 0 Å². The summed E-state index contributed by atoms with van der Waals surface area (Å²) in [7, 11) is 1.62. The summed E-state index contributed by atoms with van der Waals surface area (Å²) in [6.07, 6.45) is 4.33. The highest BCUT2D eigenvalue weighted by Gasteiger charge is 2.20. The first-order valence-corrected chi connectivity index (χ1v) is 10.4. The molecule has 0 saturated heterocycles. The van der Waals surface area contributed by atoms with E-state index in [1.165, 1.54) is 15.9 Å². The number of methoxy groups -OCH3 is 1. The molecule has 0 unspecified atom stereocenters. The van der Waals surface area contributed by atoms with Gasteiger partial charge in [-0.2, -0.15) is 0 Å². The maximum Gasteiger partial charge on any atom is 0.263 e. The zero-order valence-corrected chi connectivity index (χ0v) is 16.8. The van der Waals surface area contributed by atoms with Gasteiger partial charge >= 0.3 is 0 Å². The molecule has 1 aliphatic carbocycles. The third-order valence-electron chi connectivity index (χ3n) is 5.31. The van der Waals surface area contributed by atoms with Crippen molar-refractivity contribution in [2.75, 3.05) is 7.11 Å². The van der Waals surface area contributed by atoms with Crippen LogP contribution in [0.3, 0.4) is 0 Å². The van der Waals surface area contributed by atoms with E-state index in [1.54, 1.807) is 14.0 Å². The van der Waals surface area contributed by atoms with Crippen molar-refractivity contribution in [2.24, 2.45) is 0 Å². The molecule has 28 heavy (non-hydrogen) atoms. The Morgan fingerprint density at radius 1 is 1.29 bits per heavy atom. The molecule has 1 saturated carbocycles. The standard InChI is InChI=1S/C21H23N3O3S/c1-13-22-20-19(17(12-28-20)14-7-9-16(27-2)10-8-14)21(26)24(13)11-18(25)23-15-5-3-4-6-15/h7-10,12,15H,3-6,11H2,1-2H3,(H,23,25). The van der Waals surface area contributed by atoms with Crippen molar-refractivity contribution in [3.05, 3.63) is 45.8 Å². The minimum atomic E-state index is -0.170. The molecule has 1 aliphatic rings. The molecule has 1 aromatic carbocycles. The van der Waals surface area contributed by atoms with Crippen LogP contribution in [0.25, 0.3) is 21.3 Å². The number of carbonyl (C=O) groups is 1. The predicted octanol–water partition coefficient (Wildman–Crippen LogP) is 3.50. The molecule has 146 valence electrons. The second-order valence-corrected chi connectivity index (χ2v) is 8.02. The summed E-state index contributed by atoms with van der Waals surface area (Å²) in [5.74, 6) is 1.19. The number of rotatable bonds is 5. The van der Waals surface area contributed by atoms with Crippen molar-refractivity contribution in [3.63, 3.8) is 0 Å². The van der Waals surface area contributed by atoms with Crippen LogP contribution in [-0.4, -0.2) is 28.6 Å². The first-order valence-electron chi connectivity index (χ1n) is 9.49. The molecular formula is C21H23N3O3S. The Bertz CT molecular complexity index is 1060. The van der Waals surface area contributed by atoms with Crippen molar-refractivity contribution in [2.45, 2.75) is 45.2 Å². The van der Waals surface area contributed by atoms with Crippen LogP contribution in [0, 0.1) is 6.92 Å². The normalized spacial score (nSPS) is 14.5. The zero-order valence-electron chi connectivity index (χ0n) is 16.0. The SMILES string of the molecule is COc1ccc(-c2csc3nc(C)n(CC(=O)NC4CCCC4)c(=O)c23)cc1. The molecule has 2 aromatic heterocycles. The minimum absolute atomic E-state index is 0.00199. The molecule has 6 nitrogen and oxygen atoms in total. The van der Waals surface area contributed by atoms with Gasteiger partial charge in [-0.1, -0.05) is 25.0 Å². The zero-order chi connectivity index (χ0) is 19.7. The maximum atomic E-state index is 13.2. The fourth-order valence-corrected chi connectivity index (χ4v) is 4.77. The first kappa shape index (κ1) is 18.7. The number of benzene rings is 1. The smallest absolute Gasteiger partial charge is 0.263 e. The average Bonchev–Trinajstić information content (AvgIpc) is 3.35. The van der Waals surface area contributed by atoms with Crippen LogP contribution < -0.4 is 15.6 Å². The molecule has 0 spiro atoms. The summed E-state index contributed by atoms with van der Waals surface area (Å²) in [4.78, 5) is 31.0. The van der Waals surface area contributed by atoms with E-state index >= 15 is 0 Å².